The first-order valence-electron chi connectivity index (χ1n) is 7.68. The molecule has 0 bridgehead atoms. The van der Waals surface area contributed by atoms with Crippen molar-refractivity contribution in [2.24, 2.45) is 0 Å². The maximum atomic E-state index is 13.6. The summed E-state index contributed by atoms with van der Waals surface area (Å²) in [6, 6.07) is 8.47. The lowest BCUT2D eigenvalue weighted by Gasteiger charge is -2.06. The van der Waals surface area contributed by atoms with Crippen molar-refractivity contribution in [1.82, 2.24) is 19.8 Å². The third kappa shape index (κ3) is 2.31. The Bertz CT molecular complexity index is 1360. The fourth-order valence-corrected chi connectivity index (χ4v) is 4.44. The van der Waals surface area contributed by atoms with E-state index in [1.165, 1.54) is 16.6 Å². The summed E-state index contributed by atoms with van der Waals surface area (Å²) >= 11 is 0. The molecule has 0 aliphatic carbocycles. The minimum atomic E-state index is -4.02. The Morgan fingerprint density at radius 2 is 1.88 bits per heavy atom. The molecule has 2 heterocycles. The summed E-state index contributed by atoms with van der Waals surface area (Å²) in [5.41, 5.74) is 0.811. The molecule has 2 aromatic heterocycles. The van der Waals surface area contributed by atoms with Crippen LogP contribution in [0.1, 0.15) is 11.1 Å². The number of benzene rings is 2. The fourth-order valence-electron chi connectivity index (χ4n) is 2.97. The van der Waals surface area contributed by atoms with Crippen LogP contribution < -0.4 is 5.56 Å². The van der Waals surface area contributed by atoms with Crippen LogP contribution in [0, 0.1) is 19.7 Å². The average molecular weight is 372 g/mol. The van der Waals surface area contributed by atoms with E-state index in [1.54, 1.807) is 19.1 Å². The van der Waals surface area contributed by atoms with Gasteiger partial charge in [0.1, 0.15) is 5.82 Å². The summed E-state index contributed by atoms with van der Waals surface area (Å²) in [5, 5.41) is 6.14. The molecule has 7 nitrogen and oxygen atoms in total. The largest absolute Gasteiger partial charge is 0.281 e. The van der Waals surface area contributed by atoms with Gasteiger partial charge in [0.25, 0.3) is 5.56 Å². The Morgan fingerprint density at radius 1 is 1.12 bits per heavy atom. The molecule has 0 aliphatic heterocycles. The highest BCUT2D eigenvalue weighted by molar-refractivity contribution is 7.91. The topological polar surface area (TPSA) is 97.2 Å². The summed E-state index contributed by atoms with van der Waals surface area (Å²) in [7, 11) is -4.02. The van der Waals surface area contributed by atoms with Crippen LogP contribution in [-0.4, -0.2) is 28.2 Å². The molecule has 0 saturated heterocycles. The molecule has 0 saturated carbocycles. The normalized spacial score (nSPS) is 12.1. The highest BCUT2D eigenvalue weighted by Gasteiger charge is 2.27. The Hall–Kier alpha value is -3.07. The molecular weight excluding hydrogens is 359 g/mol. The van der Waals surface area contributed by atoms with Gasteiger partial charge >= 0.3 is 0 Å². The number of nitrogens with one attached hydrogen (secondary N) is 1. The number of hydrogen-bond donors (Lipinski definition) is 1. The molecular formula is C17H13FN4O3S. The van der Waals surface area contributed by atoms with Gasteiger partial charge in [-0.05, 0) is 37.6 Å². The second kappa shape index (κ2) is 5.46. The third-order valence-electron chi connectivity index (χ3n) is 4.17. The van der Waals surface area contributed by atoms with E-state index in [-0.39, 0.29) is 26.5 Å². The third-order valence-corrected chi connectivity index (χ3v) is 5.99. The quantitative estimate of drug-likeness (QED) is 0.582. The standard InChI is InChI=1S/C17H13FN4O3S/c1-9-3-6-14(10(2)7-9)26(24,25)17-15-19-16(23)12-5-4-11(18)8-13(12)22(15)21-20-17/h3-8,21H,1-2H3. The highest BCUT2D eigenvalue weighted by Crippen LogP contribution is 2.26. The van der Waals surface area contributed by atoms with Crippen molar-refractivity contribution in [2.45, 2.75) is 23.8 Å². The molecule has 1 N–H and O–H groups in total. The molecule has 132 valence electrons. The number of hydrogen-bond acceptors (Lipinski definition) is 5. The lowest BCUT2D eigenvalue weighted by atomic mass is 10.2. The van der Waals surface area contributed by atoms with Gasteiger partial charge in [0, 0.05) is 6.07 Å². The molecule has 0 spiro atoms. The van der Waals surface area contributed by atoms with Crippen molar-refractivity contribution in [3.63, 3.8) is 0 Å². The predicted octanol–water partition coefficient (Wildman–Crippen LogP) is 2.16. The van der Waals surface area contributed by atoms with E-state index in [4.69, 9.17) is 0 Å². The Labute approximate surface area is 147 Å². The zero-order valence-electron chi connectivity index (χ0n) is 13.8. The van der Waals surface area contributed by atoms with Gasteiger partial charge in [-0.1, -0.05) is 17.7 Å². The van der Waals surface area contributed by atoms with Crippen LogP contribution in [0.3, 0.4) is 0 Å². The van der Waals surface area contributed by atoms with Gasteiger partial charge in [0.15, 0.2) is 5.65 Å². The summed E-state index contributed by atoms with van der Waals surface area (Å²) in [4.78, 5) is 16.2. The SMILES string of the molecule is Cc1ccc(S(=O)(=O)c2n[nH]n3c2nc(=O)c2ccc(F)cc23)c(C)c1. The van der Waals surface area contributed by atoms with E-state index in [2.05, 4.69) is 15.3 Å². The monoisotopic (exact) mass is 372 g/mol. The van der Waals surface area contributed by atoms with Crippen molar-refractivity contribution in [3.05, 3.63) is 63.7 Å². The molecule has 4 rings (SSSR count). The maximum absolute atomic E-state index is 13.6. The van der Waals surface area contributed by atoms with Gasteiger partial charge in [-0.2, -0.15) is 4.98 Å². The van der Waals surface area contributed by atoms with Crippen molar-refractivity contribution in [2.75, 3.05) is 0 Å². The van der Waals surface area contributed by atoms with Gasteiger partial charge in [0.05, 0.1) is 15.8 Å². The van der Waals surface area contributed by atoms with Crippen LogP contribution in [0.5, 0.6) is 0 Å². The molecule has 0 amide bonds. The number of aromatic amines is 1. The summed E-state index contributed by atoms with van der Waals surface area (Å²) in [6.07, 6.45) is 0. The number of aryl methyl sites for hydroxylation is 2. The minimum Gasteiger partial charge on any atom is -0.267 e. The van der Waals surface area contributed by atoms with Crippen LogP contribution >= 0.6 is 0 Å². The Kier molecular flexibility index (Phi) is 3.45. The lowest BCUT2D eigenvalue weighted by Crippen LogP contribution is -2.12. The second-order valence-electron chi connectivity index (χ2n) is 6.03. The Balaban J connectivity index is 2.07. The smallest absolute Gasteiger partial charge is 0.267 e. The summed E-state index contributed by atoms with van der Waals surface area (Å²) in [5.74, 6) is -0.565. The van der Waals surface area contributed by atoms with Crippen molar-refractivity contribution in [3.8, 4) is 0 Å². The van der Waals surface area contributed by atoms with E-state index in [0.717, 1.165) is 17.7 Å². The van der Waals surface area contributed by atoms with Gasteiger partial charge in [-0.15, -0.1) is 5.10 Å². The van der Waals surface area contributed by atoms with Gasteiger partial charge < -0.3 is 0 Å². The van der Waals surface area contributed by atoms with Crippen LogP contribution in [0.4, 0.5) is 4.39 Å². The van der Waals surface area contributed by atoms with E-state index >= 15 is 0 Å². The highest BCUT2D eigenvalue weighted by atomic mass is 32.2. The molecule has 26 heavy (non-hydrogen) atoms. The number of fused-ring (bicyclic) bond motifs is 3. The zero-order chi connectivity index (χ0) is 18.6. The fraction of sp³-hybridized carbons (Fsp3) is 0.118. The van der Waals surface area contributed by atoms with E-state index in [9.17, 15) is 17.6 Å². The van der Waals surface area contributed by atoms with E-state index in [1.807, 2.05) is 6.92 Å². The van der Waals surface area contributed by atoms with Crippen molar-refractivity contribution in [1.29, 1.82) is 0 Å². The summed E-state index contributed by atoms with van der Waals surface area (Å²) in [6.45, 7) is 3.54. The molecule has 0 fully saturated rings. The molecule has 0 radical (unpaired) electrons. The molecule has 4 aromatic rings. The van der Waals surface area contributed by atoms with Gasteiger partial charge in [-0.25, -0.2) is 22.5 Å². The van der Waals surface area contributed by atoms with E-state index in [0.29, 0.717) is 5.56 Å². The van der Waals surface area contributed by atoms with Gasteiger partial charge in [0.2, 0.25) is 14.9 Å². The molecule has 0 atom stereocenters. The number of rotatable bonds is 2. The molecule has 2 aromatic carbocycles. The summed E-state index contributed by atoms with van der Waals surface area (Å²) < 4.78 is 40.9. The molecule has 0 aliphatic rings. The average Bonchev–Trinajstić information content (AvgIpc) is 2.99. The van der Waals surface area contributed by atoms with Gasteiger partial charge in [-0.3, -0.25) is 4.79 Å². The maximum Gasteiger partial charge on any atom is 0.281 e. The first kappa shape index (κ1) is 16.4. The number of aromatic nitrogens is 4. The lowest BCUT2D eigenvalue weighted by molar-refractivity contribution is 0.592. The van der Waals surface area contributed by atoms with Crippen LogP contribution in [0.2, 0.25) is 0 Å². The van der Waals surface area contributed by atoms with Crippen molar-refractivity contribution < 1.29 is 12.8 Å². The van der Waals surface area contributed by atoms with Crippen LogP contribution in [0.25, 0.3) is 16.6 Å². The minimum absolute atomic E-state index is 0.0747. The number of H-pyrrole nitrogens is 1. The number of sulfone groups is 1. The predicted molar refractivity (Wildman–Crippen MR) is 92.4 cm³/mol. The van der Waals surface area contributed by atoms with E-state index < -0.39 is 21.2 Å². The molecule has 0 unspecified atom stereocenters. The van der Waals surface area contributed by atoms with Crippen LogP contribution in [-0.2, 0) is 9.84 Å². The first-order valence-corrected chi connectivity index (χ1v) is 9.16. The zero-order valence-corrected chi connectivity index (χ0v) is 14.6. The second-order valence-corrected chi connectivity index (χ2v) is 7.86. The van der Waals surface area contributed by atoms with Crippen LogP contribution in [0.15, 0.2) is 51.1 Å². The van der Waals surface area contributed by atoms with Crippen molar-refractivity contribution >= 4 is 26.4 Å². The Morgan fingerprint density at radius 3 is 2.62 bits per heavy atom. The number of nitrogens with zero attached hydrogens (tertiary/aromatic N) is 3. The first-order chi connectivity index (χ1) is 12.3. The number of halogens is 1. The molecule has 9 heteroatoms.